The second-order valence-corrected chi connectivity index (χ2v) is 8.91. The second-order valence-electron chi connectivity index (χ2n) is 6.16. The third-order valence-corrected chi connectivity index (χ3v) is 5.17. The van der Waals surface area contributed by atoms with E-state index in [1.807, 2.05) is 13.8 Å². The van der Waals surface area contributed by atoms with E-state index in [2.05, 4.69) is 5.32 Å². The molecule has 1 N–H and O–H groups in total. The maximum Gasteiger partial charge on any atom is 0.232 e. The maximum atomic E-state index is 12.1. The summed E-state index contributed by atoms with van der Waals surface area (Å²) in [6, 6.07) is 4.63. The third kappa shape index (κ3) is 8.58. The molecule has 1 aromatic carbocycles. The van der Waals surface area contributed by atoms with E-state index >= 15 is 0 Å². The molecule has 0 radical (unpaired) electrons. The Morgan fingerprint density at radius 1 is 1.27 bits per heavy atom. The first-order chi connectivity index (χ1) is 12.1. The molecule has 0 saturated carbocycles. The number of carbonyl (C=O) groups excluding carboxylic acids is 1. The molecule has 0 aliphatic rings. The van der Waals surface area contributed by atoms with E-state index in [4.69, 9.17) is 27.9 Å². The van der Waals surface area contributed by atoms with Gasteiger partial charge in [-0.25, -0.2) is 8.42 Å². The number of hydrogen-bond donors (Lipinski definition) is 1. The van der Waals surface area contributed by atoms with Gasteiger partial charge in [0.05, 0.1) is 23.1 Å². The molecule has 0 spiro atoms. The number of carbonyl (C=O) groups is 1. The molecule has 0 heterocycles. The van der Waals surface area contributed by atoms with Crippen molar-refractivity contribution in [3.63, 3.8) is 0 Å². The van der Waals surface area contributed by atoms with E-state index in [1.165, 1.54) is 10.4 Å². The molecule has 148 valence electrons. The summed E-state index contributed by atoms with van der Waals surface area (Å²) in [5.41, 5.74) is 0.313. The summed E-state index contributed by atoms with van der Waals surface area (Å²) in [6.07, 6.45) is 2.58. The molecule has 26 heavy (non-hydrogen) atoms. The van der Waals surface area contributed by atoms with E-state index in [1.54, 1.807) is 12.1 Å². The van der Waals surface area contributed by atoms with Gasteiger partial charge >= 0.3 is 0 Å². The number of nitrogens with one attached hydrogen (secondary N) is 1. The lowest BCUT2D eigenvalue weighted by Gasteiger charge is -2.23. The second kappa shape index (κ2) is 11.0. The molecule has 0 atom stereocenters. The monoisotopic (exact) mass is 424 g/mol. The average Bonchev–Trinajstić information content (AvgIpc) is 2.52. The van der Waals surface area contributed by atoms with Crippen LogP contribution in [0, 0.1) is 0 Å². The fourth-order valence-electron chi connectivity index (χ4n) is 2.23. The highest BCUT2D eigenvalue weighted by atomic mass is 35.5. The van der Waals surface area contributed by atoms with Crippen molar-refractivity contribution in [3.8, 4) is 0 Å². The predicted molar refractivity (Wildman–Crippen MR) is 107 cm³/mol. The number of rotatable bonds is 11. The summed E-state index contributed by atoms with van der Waals surface area (Å²) in [5.74, 6) is -0.125. The van der Waals surface area contributed by atoms with E-state index < -0.39 is 10.0 Å². The Morgan fingerprint density at radius 2 is 1.96 bits per heavy atom. The highest BCUT2D eigenvalue weighted by molar-refractivity contribution is 7.92. The van der Waals surface area contributed by atoms with Crippen LogP contribution in [0.1, 0.15) is 33.1 Å². The van der Waals surface area contributed by atoms with Gasteiger partial charge < -0.3 is 10.1 Å². The number of hydrogen-bond acceptors (Lipinski definition) is 4. The number of sulfonamides is 1. The average molecular weight is 425 g/mol. The molecule has 1 rings (SSSR count). The Balaban J connectivity index is 2.51. The molecule has 0 aromatic heterocycles. The van der Waals surface area contributed by atoms with Crippen LogP contribution >= 0.6 is 23.2 Å². The smallest absolute Gasteiger partial charge is 0.232 e. The molecule has 1 amide bonds. The zero-order valence-electron chi connectivity index (χ0n) is 15.3. The maximum absolute atomic E-state index is 12.1. The fraction of sp³-hybridized carbons (Fsp3) is 0.588. The number of anilines is 1. The summed E-state index contributed by atoms with van der Waals surface area (Å²) in [5, 5.41) is 3.47. The molecule has 0 aliphatic heterocycles. The molecule has 1 aromatic rings. The van der Waals surface area contributed by atoms with Gasteiger partial charge in [-0.15, -0.1) is 0 Å². The minimum Gasteiger partial charge on any atom is -0.379 e. The van der Waals surface area contributed by atoms with Gasteiger partial charge in [-0.3, -0.25) is 9.10 Å². The van der Waals surface area contributed by atoms with Crippen LogP contribution in [-0.2, 0) is 19.6 Å². The number of amides is 1. The largest absolute Gasteiger partial charge is 0.379 e. The van der Waals surface area contributed by atoms with Crippen molar-refractivity contribution >= 4 is 44.8 Å². The Bertz CT molecular complexity index is 696. The summed E-state index contributed by atoms with van der Waals surface area (Å²) >= 11 is 12.0. The lowest BCUT2D eigenvalue weighted by atomic mass is 10.2. The molecule has 9 heteroatoms. The Hall–Kier alpha value is -1.02. The number of nitrogens with zero attached hydrogens (tertiary/aromatic N) is 1. The SMILES string of the molecule is CC(C)OCCCNC(=O)CCCN(c1cc(Cl)ccc1Cl)S(C)(=O)=O. The summed E-state index contributed by atoms with van der Waals surface area (Å²) in [6.45, 7) is 5.17. The van der Waals surface area contributed by atoms with Gasteiger partial charge in [0.1, 0.15) is 0 Å². The van der Waals surface area contributed by atoms with Gasteiger partial charge in [0.15, 0.2) is 0 Å². The topological polar surface area (TPSA) is 75.7 Å². The molecule has 6 nitrogen and oxygen atoms in total. The van der Waals surface area contributed by atoms with Crippen molar-refractivity contribution in [1.29, 1.82) is 0 Å². The number of ether oxygens (including phenoxy) is 1. The minimum atomic E-state index is -3.55. The molecule has 0 aliphatic carbocycles. The van der Waals surface area contributed by atoms with Crippen LogP contribution in [0.4, 0.5) is 5.69 Å². The van der Waals surface area contributed by atoms with Crippen molar-refractivity contribution in [3.05, 3.63) is 28.2 Å². The van der Waals surface area contributed by atoms with E-state index in [0.29, 0.717) is 30.3 Å². The lowest BCUT2D eigenvalue weighted by molar-refractivity contribution is -0.121. The van der Waals surface area contributed by atoms with Gasteiger partial charge in [-0.05, 0) is 44.9 Å². The van der Waals surface area contributed by atoms with Crippen LogP contribution in [0.15, 0.2) is 18.2 Å². The van der Waals surface area contributed by atoms with E-state index in [9.17, 15) is 13.2 Å². The van der Waals surface area contributed by atoms with Crippen LogP contribution in [-0.4, -0.2) is 46.4 Å². The van der Waals surface area contributed by atoms with Crippen molar-refractivity contribution in [2.75, 3.05) is 30.3 Å². The molecule has 0 saturated heterocycles. The lowest BCUT2D eigenvalue weighted by Crippen LogP contribution is -2.32. The molecule has 0 fully saturated rings. The van der Waals surface area contributed by atoms with Crippen LogP contribution in [0.25, 0.3) is 0 Å². The third-order valence-electron chi connectivity index (χ3n) is 3.44. The summed E-state index contributed by atoms with van der Waals surface area (Å²) in [4.78, 5) is 11.9. The van der Waals surface area contributed by atoms with Gasteiger partial charge in [0.25, 0.3) is 0 Å². The molecular weight excluding hydrogens is 399 g/mol. The van der Waals surface area contributed by atoms with Crippen molar-refractivity contribution in [2.45, 2.75) is 39.2 Å². The Kier molecular flexibility index (Phi) is 9.71. The van der Waals surface area contributed by atoms with Crippen molar-refractivity contribution < 1.29 is 17.9 Å². The summed E-state index contributed by atoms with van der Waals surface area (Å²) < 4.78 is 30.7. The predicted octanol–water partition coefficient (Wildman–Crippen LogP) is 3.47. The van der Waals surface area contributed by atoms with Gasteiger partial charge in [0, 0.05) is 31.1 Å². The molecule has 0 unspecified atom stereocenters. The number of benzene rings is 1. The summed E-state index contributed by atoms with van der Waals surface area (Å²) in [7, 11) is -3.55. The van der Waals surface area contributed by atoms with Crippen LogP contribution in [0.5, 0.6) is 0 Å². The standard InChI is InChI=1S/C17H26Cl2N2O4S/c1-13(2)25-11-5-9-20-17(22)6-4-10-21(26(3,23)24)16-12-14(18)7-8-15(16)19/h7-8,12-13H,4-6,9-11H2,1-3H3,(H,20,22). The molecular formula is C17H26Cl2N2O4S. The fourth-order valence-corrected chi connectivity index (χ4v) is 3.64. The quantitative estimate of drug-likeness (QED) is 0.551. The Labute approximate surface area is 165 Å². The Morgan fingerprint density at radius 3 is 2.58 bits per heavy atom. The number of halogens is 2. The van der Waals surface area contributed by atoms with Crippen LogP contribution in [0.2, 0.25) is 10.0 Å². The van der Waals surface area contributed by atoms with Crippen molar-refractivity contribution in [1.82, 2.24) is 5.32 Å². The first-order valence-electron chi connectivity index (χ1n) is 8.42. The minimum absolute atomic E-state index is 0.125. The first kappa shape index (κ1) is 23.0. The van der Waals surface area contributed by atoms with E-state index in [0.717, 1.165) is 12.7 Å². The zero-order valence-corrected chi connectivity index (χ0v) is 17.6. The zero-order chi connectivity index (χ0) is 19.7. The van der Waals surface area contributed by atoms with Gasteiger partial charge in [-0.2, -0.15) is 0 Å². The van der Waals surface area contributed by atoms with Gasteiger partial charge in [0.2, 0.25) is 15.9 Å². The van der Waals surface area contributed by atoms with Crippen LogP contribution < -0.4 is 9.62 Å². The highest BCUT2D eigenvalue weighted by Crippen LogP contribution is 2.30. The highest BCUT2D eigenvalue weighted by Gasteiger charge is 2.20. The normalized spacial score (nSPS) is 11.6. The van der Waals surface area contributed by atoms with Gasteiger partial charge in [-0.1, -0.05) is 23.2 Å². The van der Waals surface area contributed by atoms with Crippen molar-refractivity contribution in [2.24, 2.45) is 0 Å². The first-order valence-corrected chi connectivity index (χ1v) is 11.0. The molecule has 0 bridgehead atoms. The van der Waals surface area contributed by atoms with Crippen LogP contribution in [0.3, 0.4) is 0 Å². The van der Waals surface area contributed by atoms with E-state index in [-0.39, 0.29) is 30.0 Å².